The molecule has 3 nitrogen and oxygen atoms in total. The number of imidazole rings is 1. The molecule has 110 valence electrons. The van der Waals surface area contributed by atoms with Gasteiger partial charge in [-0.25, -0.2) is 4.98 Å². The summed E-state index contributed by atoms with van der Waals surface area (Å²) in [6.07, 6.45) is 0. The third-order valence-corrected chi connectivity index (χ3v) is 4.74. The zero-order chi connectivity index (χ0) is 15.0. The second kappa shape index (κ2) is 5.70. The van der Waals surface area contributed by atoms with Gasteiger partial charge >= 0.3 is 0 Å². The molecule has 0 amide bonds. The fourth-order valence-corrected chi connectivity index (χ4v) is 3.45. The molecule has 0 radical (unpaired) electrons. The number of hydrogen-bond acceptors (Lipinski definition) is 3. The van der Waals surface area contributed by atoms with Crippen LogP contribution < -0.4 is 4.74 Å². The second-order valence-corrected chi connectivity index (χ2v) is 6.51. The van der Waals surface area contributed by atoms with Crippen molar-refractivity contribution in [3.63, 3.8) is 0 Å². The van der Waals surface area contributed by atoms with Gasteiger partial charge in [-0.1, -0.05) is 0 Å². The lowest BCUT2D eigenvalue weighted by Crippen LogP contribution is -2.06. The van der Waals surface area contributed by atoms with Gasteiger partial charge in [0.1, 0.15) is 11.6 Å². The predicted molar refractivity (Wildman–Crippen MR) is 88.7 cm³/mol. The number of benzene rings is 1. The number of hydrogen-bond donors (Lipinski definition) is 0. The molecule has 0 saturated carbocycles. The first-order chi connectivity index (χ1) is 10.1. The maximum Gasteiger partial charge on any atom is 0.128 e. The summed E-state index contributed by atoms with van der Waals surface area (Å²) in [4.78, 5) is 4.68. The summed E-state index contributed by atoms with van der Waals surface area (Å²) in [7, 11) is 1.68. The van der Waals surface area contributed by atoms with Gasteiger partial charge in [0.25, 0.3) is 0 Å². The van der Waals surface area contributed by atoms with Gasteiger partial charge in [-0.15, -0.1) is 11.6 Å². The van der Waals surface area contributed by atoms with Crippen LogP contribution in [0.1, 0.15) is 29.3 Å². The molecular weight excluding hydrogens is 304 g/mol. The average molecular weight is 321 g/mol. The maximum atomic E-state index is 6.32. The molecule has 0 fully saturated rings. The molecule has 3 rings (SSSR count). The smallest absolute Gasteiger partial charge is 0.128 e. The number of methoxy groups -OCH3 is 1. The highest BCUT2D eigenvalue weighted by atomic mass is 35.5. The Bertz CT molecular complexity index is 776. The number of aromatic nitrogens is 2. The Labute approximate surface area is 133 Å². The minimum Gasteiger partial charge on any atom is -0.497 e. The molecule has 2 heterocycles. The van der Waals surface area contributed by atoms with Crippen molar-refractivity contribution in [3.8, 4) is 5.75 Å². The summed E-state index contributed by atoms with van der Waals surface area (Å²) in [5, 5.41) is 4.21. The molecule has 1 unspecified atom stereocenters. The molecule has 1 atom stereocenters. The van der Waals surface area contributed by atoms with E-state index in [1.165, 1.54) is 11.1 Å². The van der Waals surface area contributed by atoms with Crippen LogP contribution in [-0.4, -0.2) is 16.7 Å². The molecule has 0 aliphatic heterocycles. The summed E-state index contributed by atoms with van der Waals surface area (Å²) >= 11 is 8.05. The number of nitrogens with zero attached hydrogens (tertiary/aromatic N) is 2. The van der Waals surface area contributed by atoms with Gasteiger partial charge in [0.2, 0.25) is 0 Å². The summed E-state index contributed by atoms with van der Waals surface area (Å²) in [6.45, 7) is 4.87. The Morgan fingerprint density at radius 3 is 2.81 bits per heavy atom. The van der Waals surface area contributed by atoms with Crippen LogP contribution in [0.4, 0.5) is 0 Å². The van der Waals surface area contributed by atoms with E-state index in [0.29, 0.717) is 0 Å². The zero-order valence-electron chi connectivity index (χ0n) is 12.3. The molecule has 21 heavy (non-hydrogen) atoms. The monoisotopic (exact) mass is 320 g/mol. The van der Waals surface area contributed by atoms with Gasteiger partial charge in [0, 0.05) is 6.07 Å². The maximum absolute atomic E-state index is 6.32. The first kappa shape index (κ1) is 14.4. The minimum atomic E-state index is -0.137. The predicted octanol–water partition coefficient (Wildman–Crippen LogP) is 4.76. The lowest BCUT2D eigenvalue weighted by Gasteiger charge is -2.11. The largest absolute Gasteiger partial charge is 0.497 e. The van der Waals surface area contributed by atoms with Crippen LogP contribution in [0.2, 0.25) is 0 Å². The third-order valence-electron chi connectivity index (χ3n) is 3.63. The third kappa shape index (κ3) is 2.65. The van der Waals surface area contributed by atoms with Crippen molar-refractivity contribution < 1.29 is 4.74 Å². The van der Waals surface area contributed by atoms with Gasteiger partial charge in [-0.3, -0.25) is 0 Å². The first-order valence-corrected chi connectivity index (χ1v) is 8.18. The molecule has 0 N–H and O–H groups in total. The van der Waals surface area contributed by atoms with E-state index < -0.39 is 0 Å². The summed E-state index contributed by atoms with van der Waals surface area (Å²) in [6, 6.07) is 5.93. The van der Waals surface area contributed by atoms with Crippen molar-refractivity contribution in [1.29, 1.82) is 0 Å². The molecule has 2 aromatic heterocycles. The number of thiophene rings is 1. The summed E-state index contributed by atoms with van der Waals surface area (Å²) in [5.41, 5.74) is 4.62. The summed E-state index contributed by atoms with van der Waals surface area (Å²) in [5.74, 6) is 1.73. The van der Waals surface area contributed by atoms with Crippen molar-refractivity contribution in [2.24, 2.45) is 0 Å². The molecule has 5 heteroatoms. The van der Waals surface area contributed by atoms with Crippen molar-refractivity contribution in [2.45, 2.75) is 25.8 Å². The fraction of sp³-hybridized carbons (Fsp3) is 0.312. The number of halogens is 1. The number of rotatable bonds is 4. The SMILES string of the molecule is COc1ccc2nc(C(C)Cl)n(Cc3cscc3C)c2c1. The number of aryl methyl sites for hydroxylation is 1. The Balaban J connectivity index is 2.17. The standard InChI is InChI=1S/C16H17ClN2OS/c1-10-8-21-9-12(10)7-19-15-6-13(20-3)4-5-14(15)18-16(19)11(2)17/h4-6,8-9,11H,7H2,1-3H3. The molecule has 0 aliphatic rings. The van der Waals surface area contributed by atoms with Crippen molar-refractivity contribution in [2.75, 3.05) is 7.11 Å². The van der Waals surface area contributed by atoms with E-state index in [2.05, 4.69) is 27.2 Å². The Morgan fingerprint density at radius 1 is 1.38 bits per heavy atom. The van der Waals surface area contributed by atoms with Crippen LogP contribution in [0.3, 0.4) is 0 Å². The molecule has 0 saturated heterocycles. The molecule has 3 aromatic rings. The van der Waals surface area contributed by atoms with Crippen LogP contribution in [0.25, 0.3) is 11.0 Å². The van der Waals surface area contributed by atoms with E-state index in [0.717, 1.165) is 29.2 Å². The van der Waals surface area contributed by atoms with Crippen LogP contribution in [0.5, 0.6) is 5.75 Å². The molecule has 0 spiro atoms. The highest BCUT2D eigenvalue weighted by Crippen LogP contribution is 2.29. The normalized spacial score (nSPS) is 12.8. The topological polar surface area (TPSA) is 27.1 Å². The highest BCUT2D eigenvalue weighted by Gasteiger charge is 2.16. The van der Waals surface area contributed by atoms with Crippen LogP contribution in [-0.2, 0) is 6.54 Å². The van der Waals surface area contributed by atoms with E-state index in [1.54, 1.807) is 18.4 Å². The van der Waals surface area contributed by atoms with Crippen molar-refractivity contribution in [1.82, 2.24) is 9.55 Å². The van der Waals surface area contributed by atoms with Crippen molar-refractivity contribution in [3.05, 3.63) is 45.9 Å². The average Bonchev–Trinajstić information content (AvgIpc) is 3.03. The van der Waals surface area contributed by atoms with Gasteiger partial charge in [-0.2, -0.15) is 11.3 Å². The Hall–Kier alpha value is -1.52. The number of fused-ring (bicyclic) bond motifs is 1. The van der Waals surface area contributed by atoms with Crippen molar-refractivity contribution >= 4 is 34.0 Å². The lowest BCUT2D eigenvalue weighted by molar-refractivity contribution is 0.415. The molecule has 1 aromatic carbocycles. The van der Waals surface area contributed by atoms with E-state index >= 15 is 0 Å². The van der Waals surface area contributed by atoms with Gasteiger partial charge in [-0.05, 0) is 47.9 Å². The Kier molecular flexibility index (Phi) is 3.91. The quantitative estimate of drug-likeness (QED) is 0.648. The van der Waals surface area contributed by atoms with E-state index in [4.69, 9.17) is 16.3 Å². The van der Waals surface area contributed by atoms with Gasteiger partial charge in [0.15, 0.2) is 0 Å². The fourth-order valence-electron chi connectivity index (χ4n) is 2.44. The van der Waals surface area contributed by atoms with Crippen LogP contribution >= 0.6 is 22.9 Å². The summed E-state index contributed by atoms with van der Waals surface area (Å²) < 4.78 is 7.52. The van der Waals surface area contributed by atoms with E-state index in [1.807, 2.05) is 25.1 Å². The van der Waals surface area contributed by atoms with Gasteiger partial charge < -0.3 is 9.30 Å². The Morgan fingerprint density at radius 2 is 2.19 bits per heavy atom. The van der Waals surface area contributed by atoms with E-state index in [9.17, 15) is 0 Å². The lowest BCUT2D eigenvalue weighted by atomic mass is 10.2. The number of ether oxygens (including phenoxy) is 1. The first-order valence-electron chi connectivity index (χ1n) is 6.80. The molecular formula is C16H17ClN2OS. The highest BCUT2D eigenvalue weighted by molar-refractivity contribution is 7.08. The van der Waals surface area contributed by atoms with Gasteiger partial charge in [0.05, 0.1) is 30.1 Å². The number of alkyl halides is 1. The van der Waals surface area contributed by atoms with Crippen LogP contribution in [0, 0.1) is 6.92 Å². The zero-order valence-corrected chi connectivity index (χ0v) is 13.8. The molecule has 0 aliphatic carbocycles. The second-order valence-electron chi connectivity index (χ2n) is 5.11. The van der Waals surface area contributed by atoms with Crippen LogP contribution in [0.15, 0.2) is 29.0 Å². The van der Waals surface area contributed by atoms with E-state index in [-0.39, 0.29) is 5.38 Å². The minimum absolute atomic E-state index is 0.137. The molecule has 0 bridgehead atoms.